The average molecular weight is 345 g/mol. The number of nitrogens with one attached hydrogen (secondary N) is 2. The van der Waals surface area contributed by atoms with Gasteiger partial charge in [0.1, 0.15) is 0 Å². The van der Waals surface area contributed by atoms with Gasteiger partial charge in [0.2, 0.25) is 11.8 Å². The van der Waals surface area contributed by atoms with Crippen LogP contribution in [0.15, 0.2) is 30.3 Å². The van der Waals surface area contributed by atoms with Crippen molar-refractivity contribution in [2.24, 2.45) is 11.3 Å². The number of hydrogen-bond donors (Lipinski definition) is 2. The second-order valence-electron chi connectivity index (χ2n) is 8.09. The number of piperidine rings is 1. The van der Waals surface area contributed by atoms with Crippen LogP contribution in [0.1, 0.15) is 40.0 Å². The van der Waals surface area contributed by atoms with Crippen LogP contribution in [-0.2, 0) is 9.59 Å². The molecule has 2 N–H and O–H groups in total. The molecule has 5 nitrogen and oxygen atoms in total. The number of carbonyl (C=O) groups is 2. The summed E-state index contributed by atoms with van der Waals surface area (Å²) in [6, 6.07) is 9.52. The summed E-state index contributed by atoms with van der Waals surface area (Å²) in [5.41, 5.74) is 1.04. The first kappa shape index (κ1) is 19.4. The zero-order valence-electron chi connectivity index (χ0n) is 15.7. The van der Waals surface area contributed by atoms with Crippen molar-refractivity contribution in [3.8, 4) is 0 Å². The van der Waals surface area contributed by atoms with E-state index in [2.05, 4.69) is 36.3 Å². The van der Waals surface area contributed by atoms with Gasteiger partial charge in [-0.3, -0.25) is 14.5 Å². The summed E-state index contributed by atoms with van der Waals surface area (Å²) in [4.78, 5) is 26.6. The van der Waals surface area contributed by atoms with E-state index in [4.69, 9.17) is 0 Å². The highest BCUT2D eigenvalue weighted by molar-refractivity contribution is 5.92. The summed E-state index contributed by atoms with van der Waals surface area (Å²) in [6.07, 6.45) is 2.78. The fraction of sp³-hybridized carbons (Fsp3) is 0.600. The lowest BCUT2D eigenvalue weighted by Crippen LogP contribution is -2.45. The molecule has 1 saturated heterocycles. The molecule has 0 radical (unpaired) electrons. The summed E-state index contributed by atoms with van der Waals surface area (Å²) in [5, 5.41) is 5.96. The van der Waals surface area contributed by atoms with Crippen molar-refractivity contribution in [1.29, 1.82) is 0 Å². The van der Waals surface area contributed by atoms with Crippen LogP contribution >= 0.6 is 0 Å². The fourth-order valence-electron chi connectivity index (χ4n) is 3.01. The minimum Gasteiger partial charge on any atom is -0.355 e. The molecule has 1 aromatic carbocycles. The Bertz CT molecular complexity index is 566. The topological polar surface area (TPSA) is 61.4 Å². The lowest BCUT2D eigenvalue weighted by atomic mass is 9.92. The molecule has 1 aromatic rings. The normalized spacial score (nSPS) is 18.6. The minimum atomic E-state index is -0.0590. The molecule has 0 aromatic heterocycles. The summed E-state index contributed by atoms with van der Waals surface area (Å²) in [5.74, 6) is 0.0359. The van der Waals surface area contributed by atoms with Crippen LogP contribution in [0.4, 0.5) is 5.69 Å². The number of likely N-dealkylation sites (tertiary alicyclic amines) is 1. The third-order valence-electron chi connectivity index (χ3n) is 4.48. The Balaban J connectivity index is 1.76. The molecule has 1 fully saturated rings. The summed E-state index contributed by atoms with van der Waals surface area (Å²) in [7, 11) is 0. The molecule has 0 bridgehead atoms. The van der Waals surface area contributed by atoms with Gasteiger partial charge in [0.05, 0.1) is 12.5 Å². The highest BCUT2D eigenvalue weighted by Gasteiger charge is 2.26. The predicted molar refractivity (Wildman–Crippen MR) is 101 cm³/mol. The third kappa shape index (κ3) is 7.26. The quantitative estimate of drug-likeness (QED) is 0.833. The van der Waals surface area contributed by atoms with Crippen LogP contribution in [0, 0.1) is 11.3 Å². The van der Waals surface area contributed by atoms with Gasteiger partial charge in [-0.05, 0) is 43.4 Å². The van der Waals surface area contributed by atoms with E-state index in [0.29, 0.717) is 19.6 Å². The average Bonchev–Trinajstić information content (AvgIpc) is 2.55. The number of carbonyl (C=O) groups excluding carboxylic acids is 2. The van der Waals surface area contributed by atoms with Gasteiger partial charge in [0.25, 0.3) is 0 Å². The van der Waals surface area contributed by atoms with Crippen LogP contribution in [-0.4, -0.2) is 42.9 Å². The largest absolute Gasteiger partial charge is 0.355 e. The first-order valence-electron chi connectivity index (χ1n) is 9.18. The second kappa shape index (κ2) is 8.99. The molecule has 5 heteroatoms. The van der Waals surface area contributed by atoms with E-state index in [9.17, 15) is 9.59 Å². The van der Waals surface area contributed by atoms with Gasteiger partial charge in [0, 0.05) is 18.8 Å². The molecular formula is C20H31N3O2. The monoisotopic (exact) mass is 345 g/mol. The van der Waals surface area contributed by atoms with Crippen molar-refractivity contribution in [1.82, 2.24) is 10.2 Å². The molecule has 1 aliphatic heterocycles. The van der Waals surface area contributed by atoms with Crippen LogP contribution in [0.3, 0.4) is 0 Å². The van der Waals surface area contributed by atoms with Gasteiger partial charge in [-0.2, -0.15) is 0 Å². The molecule has 0 aliphatic carbocycles. The van der Waals surface area contributed by atoms with Crippen molar-refractivity contribution >= 4 is 17.5 Å². The van der Waals surface area contributed by atoms with Crippen LogP contribution in [0.25, 0.3) is 0 Å². The number of benzene rings is 1. The van der Waals surface area contributed by atoms with Crippen molar-refractivity contribution < 1.29 is 9.59 Å². The molecule has 138 valence electrons. The number of amides is 2. The van der Waals surface area contributed by atoms with Gasteiger partial charge in [-0.1, -0.05) is 39.0 Å². The molecule has 0 spiro atoms. The lowest BCUT2D eigenvalue weighted by molar-refractivity contribution is -0.125. The van der Waals surface area contributed by atoms with E-state index in [0.717, 1.165) is 31.5 Å². The highest BCUT2D eigenvalue weighted by Crippen LogP contribution is 2.19. The summed E-state index contributed by atoms with van der Waals surface area (Å²) >= 11 is 0. The zero-order valence-corrected chi connectivity index (χ0v) is 15.7. The van der Waals surface area contributed by atoms with Gasteiger partial charge in [0.15, 0.2) is 0 Å². The van der Waals surface area contributed by atoms with E-state index in [1.165, 1.54) is 0 Å². The molecule has 1 aliphatic rings. The molecule has 1 heterocycles. The second-order valence-corrected chi connectivity index (χ2v) is 8.09. The third-order valence-corrected chi connectivity index (χ3v) is 4.48. The number of anilines is 1. The minimum absolute atomic E-state index is 0.0454. The number of para-hydroxylation sites is 1. The molecule has 25 heavy (non-hydrogen) atoms. The van der Waals surface area contributed by atoms with E-state index < -0.39 is 0 Å². The maximum Gasteiger partial charge on any atom is 0.234 e. The lowest BCUT2D eigenvalue weighted by Gasteiger charge is -2.31. The maximum absolute atomic E-state index is 12.4. The Morgan fingerprint density at radius 3 is 2.60 bits per heavy atom. The Hall–Kier alpha value is -1.88. The van der Waals surface area contributed by atoms with E-state index in [1.807, 2.05) is 30.3 Å². The van der Waals surface area contributed by atoms with Gasteiger partial charge in [-0.15, -0.1) is 0 Å². The molecule has 2 rings (SSSR count). The molecular weight excluding hydrogens is 314 g/mol. The molecule has 1 atom stereocenters. The van der Waals surface area contributed by atoms with E-state index in [-0.39, 0.29) is 23.1 Å². The smallest absolute Gasteiger partial charge is 0.234 e. The van der Waals surface area contributed by atoms with Crippen molar-refractivity contribution in [2.75, 3.05) is 31.5 Å². The van der Waals surface area contributed by atoms with E-state index in [1.54, 1.807) is 0 Å². The predicted octanol–water partition coefficient (Wildman–Crippen LogP) is 2.89. The van der Waals surface area contributed by atoms with Crippen LogP contribution in [0.2, 0.25) is 0 Å². The Morgan fingerprint density at radius 2 is 1.92 bits per heavy atom. The van der Waals surface area contributed by atoms with Crippen LogP contribution < -0.4 is 10.6 Å². The Morgan fingerprint density at radius 1 is 1.20 bits per heavy atom. The first-order chi connectivity index (χ1) is 11.8. The molecule has 2 amide bonds. The van der Waals surface area contributed by atoms with Gasteiger partial charge < -0.3 is 10.6 Å². The Labute approximate surface area is 151 Å². The highest BCUT2D eigenvalue weighted by atomic mass is 16.2. The van der Waals surface area contributed by atoms with Gasteiger partial charge >= 0.3 is 0 Å². The first-order valence-corrected chi connectivity index (χ1v) is 9.18. The van der Waals surface area contributed by atoms with Gasteiger partial charge in [-0.25, -0.2) is 0 Å². The van der Waals surface area contributed by atoms with Crippen LogP contribution in [0.5, 0.6) is 0 Å². The molecule has 0 saturated carbocycles. The van der Waals surface area contributed by atoms with Crippen molar-refractivity contribution in [3.05, 3.63) is 30.3 Å². The van der Waals surface area contributed by atoms with Crippen molar-refractivity contribution in [3.63, 3.8) is 0 Å². The summed E-state index contributed by atoms with van der Waals surface area (Å²) in [6.45, 7) is 9.10. The molecule has 1 unspecified atom stereocenters. The van der Waals surface area contributed by atoms with Crippen molar-refractivity contribution in [2.45, 2.75) is 40.0 Å². The summed E-state index contributed by atoms with van der Waals surface area (Å²) < 4.78 is 0. The van der Waals surface area contributed by atoms with E-state index >= 15 is 0 Å². The number of hydrogen-bond acceptors (Lipinski definition) is 3. The number of rotatable bonds is 6. The SMILES string of the molecule is CC(C)(C)CCNC(=O)CN1CCCC(C(=O)Nc2ccccc2)C1. The fourth-order valence-corrected chi connectivity index (χ4v) is 3.01. The zero-order chi connectivity index (χ0) is 18.3. The number of nitrogens with zero attached hydrogens (tertiary/aromatic N) is 1. The standard InChI is InChI=1S/C20H31N3O2/c1-20(2,3)11-12-21-18(24)15-23-13-7-8-16(14-23)19(25)22-17-9-5-4-6-10-17/h4-6,9-10,16H,7-8,11-15H2,1-3H3,(H,21,24)(H,22,25). The Kier molecular flexibility index (Phi) is 7.00. The maximum atomic E-state index is 12.4.